The number of ether oxygens (including phenoxy) is 2. The van der Waals surface area contributed by atoms with Gasteiger partial charge in [0.05, 0.1) is 19.2 Å². The summed E-state index contributed by atoms with van der Waals surface area (Å²) in [5.41, 5.74) is 0.953. The minimum atomic E-state index is 0.506. The Hall–Kier alpha value is -1.95. The van der Waals surface area contributed by atoms with Crippen molar-refractivity contribution in [3.63, 3.8) is 0 Å². The van der Waals surface area contributed by atoms with Crippen LogP contribution in [-0.2, 0) is 6.54 Å². The van der Waals surface area contributed by atoms with E-state index >= 15 is 0 Å². The monoisotopic (exact) mass is 268 g/mol. The van der Waals surface area contributed by atoms with E-state index in [9.17, 15) is 0 Å². The Morgan fingerprint density at radius 2 is 2.17 bits per heavy atom. The van der Waals surface area contributed by atoms with Crippen molar-refractivity contribution in [2.45, 2.75) is 6.54 Å². The summed E-state index contributed by atoms with van der Waals surface area (Å²) in [4.78, 5) is 3.96. The zero-order valence-corrected chi connectivity index (χ0v) is 10.8. The Kier molecular flexibility index (Phi) is 3.88. The molecule has 0 atom stereocenters. The summed E-state index contributed by atoms with van der Waals surface area (Å²) < 4.78 is 10.4. The van der Waals surface area contributed by atoms with E-state index in [2.05, 4.69) is 20.5 Å². The zero-order valence-electron chi connectivity index (χ0n) is 10.0. The lowest BCUT2D eigenvalue weighted by molar-refractivity contribution is 0.355. The lowest BCUT2D eigenvalue weighted by atomic mass is 10.2. The van der Waals surface area contributed by atoms with Crippen LogP contribution in [0.2, 0.25) is 5.02 Å². The van der Waals surface area contributed by atoms with E-state index in [1.165, 1.54) is 6.33 Å². The third-order valence-electron chi connectivity index (χ3n) is 2.37. The SMILES string of the molecule is COc1cc(CNc2ncn[nH]2)cc(Cl)c1OC. The van der Waals surface area contributed by atoms with Gasteiger partial charge in [-0.2, -0.15) is 5.10 Å². The summed E-state index contributed by atoms with van der Waals surface area (Å²) in [5, 5.41) is 10.0. The van der Waals surface area contributed by atoms with Crippen LogP contribution in [0.5, 0.6) is 11.5 Å². The molecular weight excluding hydrogens is 256 g/mol. The average molecular weight is 269 g/mol. The Morgan fingerprint density at radius 1 is 1.33 bits per heavy atom. The summed E-state index contributed by atoms with van der Waals surface area (Å²) in [6.45, 7) is 0.551. The van der Waals surface area contributed by atoms with Gasteiger partial charge in [0.1, 0.15) is 6.33 Å². The lowest BCUT2D eigenvalue weighted by Crippen LogP contribution is -2.02. The highest BCUT2D eigenvalue weighted by Crippen LogP contribution is 2.36. The minimum absolute atomic E-state index is 0.506. The third-order valence-corrected chi connectivity index (χ3v) is 2.65. The number of hydrogen-bond donors (Lipinski definition) is 2. The van der Waals surface area contributed by atoms with Crippen molar-refractivity contribution in [2.75, 3.05) is 19.5 Å². The van der Waals surface area contributed by atoms with Crippen LogP contribution in [0.1, 0.15) is 5.56 Å². The van der Waals surface area contributed by atoms with Gasteiger partial charge >= 0.3 is 0 Å². The first-order valence-corrected chi connectivity index (χ1v) is 5.62. The molecule has 0 aliphatic heterocycles. The van der Waals surface area contributed by atoms with Crippen molar-refractivity contribution in [2.24, 2.45) is 0 Å². The summed E-state index contributed by atoms with van der Waals surface area (Å²) in [5.74, 6) is 1.72. The molecular formula is C11H13ClN4O2. The second-order valence-electron chi connectivity index (χ2n) is 3.50. The molecule has 1 aromatic heterocycles. The van der Waals surface area contributed by atoms with Crippen molar-refractivity contribution < 1.29 is 9.47 Å². The fourth-order valence-corrected chi connectivity index (χ4v) is 1.86. The maximum Gasteiger partial charge on any atom is 0.218 e. The van der Waals surface area contributed by atoms with Gasteiger partial charge in [-0.1, -0.05) is 11.6 Å². The quantitative estimate of drug-likeness (QED) is 0.869. The van der Waals surface area contributed by atoms with Crippen molar-refractivity contribution in [1.29, 1.82) is 0 Å². The van der Waals surface area contributed by atoms with Crippen LogP contribution in [0.4, 0.5) is 5.95 Å². The summed E-state index contributed by atoms with van der Waals surface area (Å²) >= 11 is 6.11. The van der Waals surface area contributed by atoms with Crippen LogP contribution in [-0.4, -0.2) is 29.4 Å². The van der Waals surface area contributed by atoms with Gasteiger partial charge in [0.25, 0.3) is 0 Å². The molecule has 7 heteroatoms. The van der Waals surface area contributed by atoms with Crippen LogP contribution >= 0.6 is 11.6 Å². The highest BCUT2D eigenvalue weighted by molar-refractivity contribution is 6.32. The van der Waals surface area contributed by atoms with Gasteiger partial charge in [0, 0.05) is 6.54 Å². The lowest BCUT2D eigenvalue weighted by Gasteiger charge is -2.11. The fourth-order valence-electron chi connectivity index (χ4n) is 1.55. The smallest absolute Gasteiger partial charge is 0.218 e. The number of methoxy groups -OCH3 is 2. The number of aromatic nitrogens is 3. The minimum Gasteiger partial charge on any atom is -0.493 e. The number of rotatable bonds is 5. The van der Waals surface area contributed by atoms with Crippen molar-refractivity contribution in [1.82, 2.24) is 15.2 Å². The first-order chi connectivity index (χ1) is 8.74. The highest BCUT2D eigenvalue weighted by atomic mass is 35.5. The maximum absolute atomic E-state index is 6.11. The van der Waals surface area contributed by atoms with Gasteiger partial charge in [-0.3, -0.25) is 0 Å². The third kappa shape index (κ3) is 2.65. The largest absolute Gasteiger partial charge is 0.493 e. The molecule has 0 amide bonds. The Balaban J connectivity index is 2.16. The molecule has 2 rings (SSSR count). The number of nitrogens with zero attached hydrogens (tertiary/aromatic N) is 2. The normalized spacial score (nSPS) is 10.2. The molecule has 2 N–H and O–H groups in total. The molecule has 0 radical (unpaired) electrons. The Labute approximate surface area is 109 Å². The van der Waals surface area contributed by atoms with Crippen LogP contribution < -0.4 is 14.8 Å². The van der Waals surface area contributed by atoms with E-state index in [1.54, 1.807) is 14.2 Å². The zero-order chi connectivity index (χ0) is 13.0. The summed E-state index contributed by atoms with van der Waals surface area (Å²) in [6.07, 6.45) is 1.43. The van der Waals surface area contributed by atoms with Crippen LogP contribution in [0, 0.1) is 0 Å². The predicted octanol–water partition coefficient (Wildman–Crippen LogP) is 2.09. The molecule has 0 saturated carbocycles. The number of halogens is 1. The van der Waals surface area contributed by atoms with Crippen molar-refractivity contribution in [3.05, 3.63) is 29.0 Å². The molecule has 0 bridgehead atoms. The van der Waals surface area contributed by atoms with Crippen LogP contribution in [0.3, 0.4) is 0 Å². The molecule has 18 heavy (non-hydrogen) atoms. The fraction of sp³-hybridized carbons (Fsp3) is 0.273. The second kappa shape index (κ2) is 5.59. The second-order valence-corrected chi connectivity index (χ2v) is 3.91. The van der Waals surface area contributed by atoms with Crippen molar-refractivity contribution in [3.8, 4) is 11.5 Å². The molecule has 0 saturated heterocycles. The highest BCUT2D eigenvalue weighted by Gasteiger charge is 2.10. The predicted molar refractivity (Wildman–Crippen MR) is 68.3 cm³/mol. The molecule has 0 aliphatic rings. The number of aromatic amines is 1. The first kappa shape index (κ1) is 12.5. The number of benzene rings is 1. The van der Waals surface area contributed by atoms with E-state index in [0.717, 1.165) is 5.56 Å². The molecule has 0 aliphatic carbocycles. The molecule has 1 aromatic carbocycles. The van der Waals surface area contributed by atoms with Gasteiger partial charge in [-0.25, -0.2) is 10.1 Å². The molecule has 0 spiro atoms. The summed E-state index contributed by atoms with van der Waals surface area (Å²) in [6, 6.07) is 3.67. The van der Waals surface area contributed by atoms with Gasteiger partial charge in [0.2, 0.25) is 5.95 Å². The number of H-pyrrole nitrogens is 1. The molecule has 96 valence electrons. The van der Waals surface area contributed by atoms with Gasteiger partial charge in [-0.15, -0.1) is 0 Å². The first-order valence-electron chi connectivity index (χ1n) is 5.24. The molecule has 2 aromatic rings. The van der Waals surface area contributed by atoms with Gasteiger partial charge < -0.3 is 14.8 Å². The summed E-state index contributed by atoms with van der Waals surface area (Å²) in [7, 11) is 3.12. The topological polar surface area (TPSA) is 72.1 Å². The standard InChI is InChI=1S/C11H13ClN4O2/c1-17-9-4-7(3-8(12)10(9)18-2)5-13-11-14-6-15-16-11/h3-4,6H,5H2,1-2H3,(H2,13,14,15,16). The van der Waals surface area contributed by atoms with E-state index in [0.29, 0.717) is 29.0 Å². The van der Waals surface area contributed by atoms with Crippen LogP contribution in [0.15, 0.2) is 18.5 Å². The Bertz CT molecular complexity index is 516. The molecule has 0 fully saturated rings. The molecule has 6 nitrogen and oxygen atoms in total. The molecule has 1 heterocycles. The average Bonchev–Trinajstić information content (AvgIpc) is 2.88. The van der Waals surface area contributed by atoms with Gasteiger partial charge in [0.15, 0.2) is 11.5 Å². The van der Waals surface area contributed by atoms with Gasteiger partial charge in [-0.05, 0) is 17.7 Å². The van der Waals surface area contributed by atoms with E-state index in [1.807, 2.05) is 12.1 Å². The van der Waals surface area contributed by atoms with Crippen LogP contribution in [0.25, 0.3) is 0 Å². The number of anilines is 1. The van der Waals surface area contributed by atoms with E-state index in [4.69, 9.17) is 21.1 Å². The van der Waals surface area contributed by atoms with E-state index in [-0.39, 0.29) is 0 Å². The van der Waals surface area contributed by atoms with E-state index < -0.39 is 0 Å². The number of hydrogen-bond acceptors (Lipinski definition) is 5. The van der Waals surface area contributed by atoms with Crippen molar-refractivity contribution >= 4 is 17.5 Å². The number of nitrogens with one attached hydrogen (secondary N) is 2. The maximum atomic E-state index is 6.11. The molecule has 0 unspecified atom stereocenters. The Morgan fingerprint density at radius 3 is 2.78 bits per heavy atom.